The maximum atomic E-state index is 14.6. The number of nitrogens with zero attached hydrogens (tertiary/aromatic N) is 5. The molecule has 3 saturated heterocycles. The average molecular weight is 610 g/mol. The van der Waals surface area contributed by atoms with E-state index in [0.29, 0.717) is 11.1 Å². The van der Waals surface area contributed by atoms with Gasteiger partial charge in [0, 0.05) is 11.4 Å². The first kappa shape index (κ1) is 26.6. The second kappa shape index (κ2) is 10.1. The maximum absolute atomic E-state index is 14.6. The van der Waals surface area contributed by atoms with E-state index in [1.165, 1.54) is 9.80 Å². The van der Waals surface area contributed by atoms with E-state index in [9.17, 15) is 24.6 Å². The summed E-state index contributed by atoms with van der Waals surface area (Å²) in [7, 11) is 0. The molecule has 0 saturated carbocycles. The van der Waals surface area contributed by atoms with Crippen molar-refractivity contribution in [3.8, 4) is 0 Å². The molecule has 6 rings (SSSR count). The van der Waals surface area contributed by atoms with Crippen LogP contribution in [0.5, 0.6) is 0 Å². The quantitative estimate of drug-likeness (QED) is 0.277. The highest BCUT2D eigenvalue weighted by Gasteiger charge is 2.77. The van der Waals surface area contributed by atoms with Crippen LogP contribution in [0.1, 0.15) is 18.0 Å². The number of ether oxygens (including phenoxy) is 1. The lowest BCUT2D eigenvalue weighted by Crippen LogP contribution is -2.57. The number of carboxylic acid groups (broad SMARTS) is 1. The molecule has 1 aromatic heterocycles. The van der Waals surface area contributed by atoms with Crippen LogP contribution in [-0.4, -0.2) is 88.5 Å². The maximum Gasteiger partial charge on any atom is 0.310 e. The molecular formula is C28H28BrN5O6. The number of amides is 2. The van der Waals surface area contributed by atoms with Gasteiger partial charge in [-0.2, -0.15) is 0 Å². The van der Waals surface area contributed by atoms with E-state index >= 15 is 0 Å². The molecule has 3 fully saturated rings. The number of halogens is 1. The highest BCUT2D eigenvalue weighted by Crippen LogP contribution is 2.61. The molecular weight excluding hydrogens is 582 g/mol. The van der Waals surface area contributed by atoms with Gasteiger partial charge in [-0.25, -0.2) is 4.68 Å². The van der Waals surface area contributed by atoms with Gasteiger partial charge in [0.2, 0.25) is 11.8 Å². The number of carbonyl (C=O) groups is 3. The molecule has 208 valence electrons. The van der Waals surface area contributed by atoms with Gasteiger partial charge in [0.1, 0.15) is 23.8 Å². The minimum absolute atomic E-state index is 0.0172. The van der Waals surface area contributed by atoms with Gasteiger partial charge in [0.25, 0.3) is 0 Å². The average Bonchev–Trinajstić information content (AvgIpc) is 3.67. The Morgan fingerprint density at radius 1 is 1.23 bits per heavy atom. The number of likely N-dealkylation sites (tertiary alicyclic amines) is 1. The lowest BCUT2D eigenvalue weighted by Gasteiger charge is -2.39. The zero-order valence-electron chi connectivity index (χ0n) is 21.4. The fourth-order valence-corrected chi connectivity index (χ4v) is 7.67. The molecule has 3 aliphatic rings. The smallest absolute Gasteiger partial charge is 0.310 e. The Morgan fingerprint density at radius 3 is 2.65 bits per heavy atom. The van der Waals surface area contributed by atoms with Crippen molar-refractivity contribution in [3.05, 3.63) is 72.8 Å². The number of alkyl halides is 1. The third-order valence-electron chi connectivity index (χ3n) is 8.33. The molecule has 2 N–H and O–H groups in total. The first-order valence-corrected chi connectivity index (χ1v) is 13.9. The number of hydrogen-bond acceptors (Lipinski definition) is 7. The third kappa shape index (κ3) is 3.88. The molecule has 0 aliphatic carbocycles. The summed E-state index contributed by atoms with van der Waals surface area (Å²) < 4.78 is 7.98. The number of carboxylic acids is 1. The molecule has 0 radical (unpaired) electrons. The van der Waals surface area contributed by atoms with Gasteiger partial charge in [-0.15, -0.1) is 11.7 Å². The number of hydrogen-bond donors (Lipinski definition) is 2. The van der Waals surface area contributed by atoms with Gasteiger partial charge in [-0.05, 0) is 24.1 Å². The largest absolute Gasteiger partial charge is 0.481 e. The van der Waals surface area contributed by atoms with Gasteiger partial charge in [0.15, 0.2) is 0 Å². The Morgan fingerprint density at radius 2 is 1.95 bits per heavy atom. The van der Waals surface area contributed by atoms with Crippen molar-refractivity contribution in [1.82, 2.24) is 24.8 Å². The summed E-state index contributed by atoms with van der Waals surface area (Å²) in [6.07, 6.45) is 1.08. The second-order valence-electron chi connectivity index (χ2n) is 10.4. The molecule has 40 heavy (non-hydrogen) atoms. The number of carbonyl (C=O) groups excluding carboxylic acids is 2. The van der Waals surface area contributed by atoms with Crippen LogP contribution >= 0.6 is 15.9 Å². The van der Waals surface area contributed by atoms with Crippen LogP contribution in [0.3, 0.4) is 0 Å². The van der Waals surface area contributed by atoms with Crippen molar-refractivity contribution in [3.63, 3.8) is 0 Å². The van der Waals surface area contributed by atoms with E-state index in [1.807, 2.05) is 30.3 Å². The van der Waals surface area contributed by atoms with Crippen LogP contribution in [0, 0.1) is 11.8 Å². The zero-order chi connectivity index (χ0) is 28.2. The highest BCUT2D eigenvalue weighted by molar-refractivity contribution is 9.09. The topological polar surface area (TPSA) is 138 Å². The van der Waals surface area contributed by atoms with Gasteiger partial charge < -0.3 is 24.7 Å². The monoisotopic (exact) mass is 609 g/mol. The van der Waals surface area contributed by atoms with Crippen LogP contribution in [0.2, 0.25) is 0 Å². The van der Waals surface area contributed by atoms with Gasteiger partial charge in [-0.3, -0.25) is 14.4 Å². The molecule has 12 heteroatoms. The molecule has 11 nitrogen and oxygen atoms in total. The fraction of sp³-hybridized carbons (Fsp3) is 0.393. The molecule has 7 atom stereocenters. The van der Waals surface area contributed by atoms with Crippen molar-refractivity contribution in [2.75, 3.05) is 13.2 Å². The highest BCUT2D eigenvalue weighted by atomic mass is 79.9. The number of fused-ring (bicyclic) bond motifs is 2. The fourth-order valence-electron chi connectivity index (χ4n) is 6.72. The van der Waals surface area contributed by atoms with Crippen molar-refractivity contribution in [2.45, 2.75) is 41.7 Å². The summed E-state index contributed by atoms with van der Waals surface area (Å²) in [6.45, 7) is 3.50. The van der Waals surface area contributed by atoms with Gasteiger partial charge in [-0.1, -0.05) is 69.7 Å². The normalized spacial score (nSPS) is 29.5. The molecule has 2 aromatic carbocycles. The van der Waals surface area contributed by atoms with Crippen molar-refractivity contribution in [2.24, 2.45) is 11.8 Å². The SMILES string of the molecule is C=CCN(Cn1nnc2ccccc21)C(=O)[C@@H]1N([C@H](CO)c2ccccc2)C(=O)[C@H]2[C@H](C(=O)O)[C@H]3O[C@@]12CC3Br. The molecule has 4 heterocycles. The van der Waals surface area contributed by atoms with E-state index in [-0.39, 0.29) is 24.5 Å². The molecule has 3 aromatic rings. The summed E-state index contributed by atoms with van der Waals surface area (Å²) in [5.74, 6) is -4.32. The Bertz CT molecular complexity index is 1480. The van der Waals surface area contributed by atoms with Gasteiger partial charge in [0.05, 0.1) is 36.1 Å². The minimum Gasteiger partial charge on any atom is -0.481 e. The first-order valence-electron chi connectivity index (χ1n) is 13.0. The van der Waals surface area contributed by atoms with Gasteiger partial charge >= 0.3 is 5.97 Å². The first-order chi connectivity index (χ1) is 19.3. The Labute approximate surface area is 238 Å². The number of aliphatic hydroxyl groups is 1. The Hall–Kier alpha value is -3.61. The number of benzene rings is 2. The lowest BCUT2D eigenvalue weighted by molar-refractivity contribution is -0.154. The van der Waals surface area contributed by atoms with Crippen LogP contribution < -0.4 is 0 Å². The predicted octanol–water partition coefficient (Wildman–Crippen LogP) is 1.97. The van der Waals surface area contributed by atoms with E-state index in [2.05, 4.69) is 32.8 Å². The van der Waals surface area contributed by atoms with Crippen molar-refractivity contribution >= 4 is 44.7 Å². The lowest BCUT2D eigenvalue weighted by atomic mass is 9.70. The van der Waals surface area contributed by atoms with E-state index in [4.69, 9.17) is 4.74 Å². The summed E-state index contributed by atoms with van der Waals surface area (Å²) >= 11 is 3.56. The number of aliphatic hydroxyl groups excluding tert-OH is 1. The summed E-state index contributed by atoms with van der Waals surface area (Å²) in [4.78, 5) is 43.7. The molecule has 1 spiro atoms. The van der Waals surface area contributed by atoms with Crippen LogP contribution in [0.15, 0.2) is 67.3 Å². The molecule has 3 aliphatic heterocycles. The van der Waals surface area contributed by atoms with Crippen molar-refractivity contribution in [1.29, 1.82) is 0 Å². The standard InChI is InChI=1S/C28H28BrN5O6/c1-2-12-32(15-33-19-11-7-6-10-18(19)30-31-33)26(37)24-28-13-17(29)23(40-28)21(27(38)39)22(28)25(36)34(24)20(14-35)16-8-4-3-5-9-16/h2-11,17,20-24,35H,1,12-15H2,(H,38,39)/t17?,20-,21+,22-,23+,24+,28-/m1/s1. The molecule has 1 unspecified atom stereocenters. The number of aromatic nitrogens is 3. The zero-order valence-corrected chi connectivity index (χ0v) is 23.0. The van der Waals surface area contributed by atoms with Crippen molar-refractivity contribution < 1.29 is 29.3 Å². The predicted molar refractivity (Wildman–Crippen MR) is 146 cm³/mol. The number of rotatable bonds is 9. The van der Waals surface area contributed by atoms with E-state index in [1.54, 1.807) is 35.0 Å². The molecule has 2 bridgehead atoms. The summed E-state index contributed by atoms with van der Waals surface area (Å²) in [6, 6.07) is 14.2. The minimum atomic E-state index is -1.39. The molecule has 2 amide bonds. The van der Waals surface area contributed by atoms with E-state index < -0.39 is 60.0 Å². The number of aliphatic carboxylic acids is 1. The number of para-hydroxylation sites is 1. The van der Waals surface area contributed by atoms with Crippen LogP contribution in [-0.2, 0) is 25.8 Å². The van der Waals surface area contributed by atoms with Crippen LogP contribution in [0.25, 0.3) is 11.0 Å². The second-order valence-corrected chi connectivity index (χ2v) is 11.6. The van der Waals surface area contributed by atoms with E-state index in [0.717, 1.165) is 5.52 Å². The summed E-state index contributed by atoms with van der Waals surface area (Å²) in [5.41, 5.74) is 0.629. The van der Waals surface area contributed by atoms with Crippen LogP contribution in [0.4, 0.5) is 0 Å². The Kier molecular flexibility index (Phi) is 6.71. The third-order valence-corrected chi connectivity index (χ3v) is 9.17. The summed E-state index contributed by atoms with van der Waals surface area (Å²) in [5, 5.41) is 29.1. The Balaban J connectivity index is 1.46.